The minimum atomic E-state index is -0.0435. The third-order valence-electron chi connectivity index (χ3n) is 4.73. The molecule has 22 heavy (non-hydrogen) atoms. The molecule has 3 rings (SSSR count). The number of nitrogens with zero attached hydrogens (tertiary/aromatic N) is 1. The summed E-state index contributed by atoms with van der Waals surface area (Å²) in [5.41, 5.74) is 1.39. The van der Waals surface area contributed by atoms with Gasteiger partial charge >= 0.3 is 0 Å². The molecular weight excluding hydrogens is 296 g/mol. The Bertz CT molecular complexity index is 541. The van der Waals surface area contributed by atoms with Crippen molar-refractivity contribution in [3.63, 3.8) is 0 Å². The summed E-state index contributed by atoms with van der Waals surface area (Å²) in [6.07, 6.45) is 4.67. The van der Waals surface area contributed by atoms with E-state index in [-0.39, 0.29) is 23.8 Å². The zero-order chi connectivity index (χ0) is 15.4. The van der Waals surface area contributed by atoms with Crippen LogP contribution in [0.3, 0.4) is 0 Å². The van der Waals surface area contributed by atoms with E-state index in [2.05, 4.69) is 29.6 Å². The molecule has 2 aliphatic rings. The molecule has 1 aromatic rings. The van der Waals surface area contributed by atoms with Gasteiger partial charge < -0.3 is 10.2 Å². The molecule has 118 valence electrons. The molecular formula is C17H22N2O2S. The molecule has 4 nitrogen and oxygen atoms in total. The van der Waals surface area contributed by atoms with Gasteiger partial charge in [-0.2, -0.15) is 0 Å². The van der Waals surface area contributed by atoms with E-state index < -0.39 is 0 Å². The Kier molecular flexibility index (Phi) is 4.71. The molecule has 1 saturated carbocycles. The number of rotatable bonds is 5. The Morgan fingerprint density at radius 1 is 1.23 bits per heavy atom. The summed E-state index contributed by atoms with van der Waals surface area (Å²) in [5, 5.41) is 3.07. The molecule has 1 saturated heterocycles. The van der Waals surface area contributed by atoms with Crippen molar-refractivity contribution in [2.45, 2.75) is 31.1 Å². The second kappa shape index (κ2) is 6.73. The lowest BCUT2D eigenvalue weighted by molar-refractivity contribution is -0.132. The molecule has 1 heterocycles. The van der Waals surface area contributed by atoms with Crippen molar-refractivity contribution >= 4 is 23.6 Å². The number of carbonyl (C=O) groups is 2. The lowest BCUT2D eigenvalue weighted by atomic mass is 9.79. The van der Waals surface area contributed by atoms with E-state index in [4.69, 9.17) is 0 Å². The quantitative estimate of drug-likeness (QED) is 0.905. The highest BCUT2D eigenvalue weighted by Gasteiger charge is 2.36. The number of nitrogens with one attached hydrogen (secondary N) is 1. The molecule has 0 atom stereocenters. The molecule has 0 spiro atoms. The number of thioether (sulfide) groups is 1. The molecule has 2 fully saturated rings. The summed E-state index contributed by atoms with van der Waals surface area (Å²) in [6, 6.07) is 10.5. The van der Waals surface area contributed by atoms with E-state index >= 15 is 0 Å². The van der Waals surface area contributed by atoms with Crippen LogP contribution < -0.4 is 5.32 Å². The van der Waals surface area contributed by atoms with Crippen molar-refractivity contribution in [3.8, 4) is 0 Å². The van der Waals surface area contributed by atoms with Crippen LogP contribution in [-0.2, 0) is 15.0 Å². The average molecular weight is 318 g/mol. The van der Waals surface area contributed by atoms with Gasteiger partial charge in [0.15, 0.2) is 0 Å². The minimum Gasteiger partial charge on any atom is -0.354 e. The maximum absolute atomic E-state index is 12.2. The third-order valence-corrected chi connectivity index (χ3v) is 5.68. The zero-order valence-corrected chi connectivity index (χ0v) is 13.5. The largest absolute Gasteiger partial charge is 0.354 e. The summed E-state index contributed by atoms with van der Waals surface area (Å²) in [7, 11) is 0. The molecule has 2 amide bonds. The van der Waals surface area contributed by atoms with Gasteiger partial charge in [0.1, 0.15) is 6.54 Å². The fourth-order valence-corrected chi connectivity index (χ4v) is 4.35. The predicted octanol–water partition coefficient (Wildman–Crippen LogP) is 2.15. The monoisotopic (exact) mass is 318 g/mol. The Balaban J connectivity index is 1.60. The van der Waals surface area contributed by atoms with Crippen LogP contribution in [0.15, 0.2) is 30.3 Å². The first-order chi connectivity index (χ1) is 10.7. The highest BCUT2D eigenvalue weighted by molar-refractivity contribution is 8.00. The van der Waals surface area contributed by atoms with Gasteiger partial charge in [0.2, 0.25) is 11.8 Å². The fraction of sp³-hybridized carbons (Fsp3) is 0.529. The van der Waals surface area contributed by atoms with Crippen LogP contribution in [0.25, 0.3) is 0 Å². The first kappa shape index (κ1) is 15.4. The lowest BCUT2D eigenvalue weighted by Gasteiger charge is -2.30. The number of hydrogen-bond acceptors (Lipinski definition) is 3. The maximum atomic E-state index is 12.2. The van der Waals surface area contributed by atoms with Gasteiger partial charge in [-0.05, 0) is 18.4 Å². The highest BCUT2D eigenvalue weighted by atomic mass is 32.2. The van der Waals surface area contributed by atoms with Crippen molar-refractivity contribution in [2.75, 3.05) is 24.7 Å². The Morgan fingerprint density at radius 3 is 2.59 bits per heavy atom. The highest BCUT2D eigenvalue weighted by Crippen LogP contribution is 2.40. The zero-order valence-electron chi connectivity index (χ0n) is 12.7. The number of benzene rings is 1. The van der Waals surface area contributed by atoms with Crippen LogP contribution >= 0.6 is 11.8 Å². The number of carbonyl (C=O) groups excluding carboxylic acids is 2. The Labute approximate surface area is 135 Å². The Morgan fingerprint density at radius 2 is 1.95 bits per heavy atom. The predicted molar refractivity (Wildman–Crippen MR) is 88.6 cm³/mol. The van der Waals surface area contributed by atoms with Gasteiger partial charge in [-0.15, -0.1) is 11.8 Å². The van der Waals surface area contributed by atoms with Gasteiger partial charge in [-0.3, -0.25) is 9.59 Å². The normalized spacial score (nSPS) is 20.4. The average Bonchev–Trinajstić information content (AvgIpc) is 3.17. The van der Waals surface area contributed by atoms with Crippen LogP contribution in [0.1, 0.15) is 31.2 Å². The molecule has 0 aromatic heterocycles. The summed E-state index contributed by atoms with van der Waals surface area (Å²) in [4.78, 5) is 25.4. The van der Waals surface area contributed by atoms with Crippen molar-refractivity contribution in [2.24, 2.45) is 0 Å². The van der Waals surface area contributed by atoms with Crippen LogP contribution in [-0.4, -0.2) is 41.4 Å². The fourth-order valence-electron chi connectivity index (χ4n) is 3.45. The second-order valence-corrected chi connectivity index (χ2v) is 7.15. The SMILES string of the molecule is O=C(CN1CSCC1=O)NCC1(c2ccccc2)CCCC1. The first-order valence-electron chi connectivity index (χ1n) is 7.87. The van der Waals surface area contributed by atoms with Crippen molar-refractivity contribution in [1.29, 1.82) is 0 Å². The van der Waals surface area contributed by atoms with Gasteiger partial charge in [-0.1, -0.05) is 43.2 Å². The summed E-state index contributed by atoms with van der Waals surface area (Å²) in [6.45, 7) is 0.863. The molecule has 5 heteroatoms. The standard InChI is InChI=1S/C17H22N2O2S/c20-15(10-19-13-22-11-16(19)21)18-12-17(8-4-5-9-17)14-6-2-1-3-7-14/h1-3,6-7H,4-5,8-13H2,(H,18,20). The minimum absolute atomic E-state index is 0.0435. The molecule has 1 aromatic carbocycles. The van der Waals surface area contributed by atoms with E-state index in [9.17, 15) is 9.59 Å². The summed E-state index contributed by atoms with van der Waals surface area (Å²) < 4.78 is 0. The van der Waals surface area contributed by atoms with E-state index in [0.717, 1.165) is 12.8 Å². The van der Waals surface area contributed by atoms with Gasteiger partial charge in [0.05, 0.1) is 11.6 Å². The maximum Gasteiger partial charge on any atom is 0.239 e. The van der Waals surface area contributed by atoms with Crippen LogP contribution in [0.2, 0.25) is 0 Å². The molecule has 0 bridgehead atoms. The second-order valence-electron chi connectivity index (χ2n) is 6.20. The van der Waals surface area contributed by atoms with Crippen LogP contribution in [0.4, 0.5) is 0 Å². The molecule has 1 aliphatic carbocycles. The lowest BCUT2D eigenvalue weighted by Crippen LogP contribution is -2.44. The number of amides is 2. The molecule has 0 radical (unpaired) electrons. The van der Waals surface area contributed by atoms with E-state index in [1.165, 1.54) is 18.4 Å². The molecule has 0 unspecified atom stereocenters. The van der Waals surface area contributed by atoms with Gasteiger partial charge in [-0.25, -0.2) is 0 Å². The van der Waals surface area contributed by atoms with Crippen LogP contribution in [0.5, 0.6) is 0 Å². The molecule has 1 aliphatic heterocycles. The summed E-state index contributed by atoms with van der Waals surface area (Å²) >= 11 is 1.57. The van der Waals surface area contributed by atoms with Crippen molar-refractivity contribution in [3.05, 3.63) is 35.9 Å². The third kappa shape index (κ3) is 3.29. The van der Waals surface area contributed by atoms with E-state index in [1.807, 2.05) is 6.07 Å². The topological polar surface area (TPSA) is 49.4 Å². The Hall–Kier alpha value is -1.49. The van der Waals surface area contributed by atoms with Crippen molar-refractivity contribution in [1.82, 2.24) is 10.2 Å². The van der Waals surface area contributed by atoms with Gasteiger partial charge in [0, 0.05) is 12.0 Å². The van der Waals surface area contributed by atoms with Gasteiger partial charge in [0.25, 0.3) is 0 Å². The first-order valence-corrected chi connectivity index (χ1v) is 9.03. The van der Waals surface area contributed by atoms with Crippen molar-refractivity contribution < 1.29 is 9.59 Å². The number of hydrogen-bond donors (Lipinski definition) is 1. The summed E-state index contributed by atoms with van der Waals surface area (Å²) in [5.74, 6) is 1.16. The molecule has 1 N–H and O–H groups in total. The van der Waals surface area contributed by atoms with E-state index in [0.29, 0.717) is 18.2 Å². The smallest absolute Gasteiger partial charge is 0.239 e. The van der Waals surface area contributed by atoms with Crippen LogP contribution in [0, 0.1) is 0 Å². The van der Waals surface area contributed by atoms with E-state index in [1.54, 1.807) is 16.7 Å².